The lowest BCUT2D eigenvalue weighted by Crippen LogP contribution is -2.39. The molecule has 2 aromatic heterocycles. The molecule has 0 radical (unpaired) electrons. The summed E-state index contributed by atoms with van der Waals surface area (Å²) in [6, 6.07) is 2.48. The van der Waals surface area contributed by atoms with E-state index in [-0.39, 0.29) is 0 Å². The molecule has 0 aromatic carbocycles. The van der Waals surface area contributed by atoms with Crippen molar-refractivity contribution in [2.45, 2.75) is 19.5 Å². The second-order valence-corrected chi connectivity index (χ2v) is 5.44. The first-order valence-corrected chi connectivity index (χ1v) is 7.11. The molecule has 1 aliphatic rings. The van der Waals surface area contributed by atoms with Crippen LogP contribution in [0.4, 0.5) is 0 Å². The maximum Gasteiger partial charge on any atom is 0.0758 e. The molecule has 1 aliphatic heterocycles. The van der Waals surface area contributed by atoms with Gasteiger partial charge in [-0.2, -0.15) is 16.4 Å². The Kier molecular flexibility index (Phi) is 3.45. The molecular weight excluding hydrogens is 246 g/mol. The van der Waals surface area contributed by atoms with Crippen molar-refractivity contribution in [3.8, 4) is 0 Å². The van der Waals surface area contributed by atoms with Gasteiger partial charge in [0.25, 0.3) is 0 Å². The Morgan fingerprint density at radius 2 is 2.56 bits per heavy atom. The predicted molar refractivity (Wildman–Crippen MR) is 71.6 cm³/mol. The van der Waals surface area contributed by atoms with Crippen molar-refractivity contribution in [2.75, 3.05) is 19.8 Å². The summed E-state index contributed by atoms with van der Waals surface area (Å²) in [4.78, 5) is 2.46. The number of H-pyrrole nitrogens is 1. The van der Waals surface area contributed by atoms with Crippen LogP contribution in [0.5, 0.6) is 0 Å². The largest absolute Gasteiger partial charge is 0.378 e. The summed E-state index contributed by atoms with van der Waals surface area (Å²) in [5.41, 5.74) is 3.77. The quantitative estimate of drug-likeness (QED) is 0.924. The van der Waals surface area contributed by atoms with Crippen molar-refractivity contribution in [3.05, 3.63) is 39.8 Å². The first kappa shape index (κ1) is 11.9. The molecule has 1 N–H and O–H groups in total. The summed E-state index contributed by atoms with van der Waals surface area (Å²) in [7, 11) is 0. The first-order valence-electron chi connectivity index (χ1n) is 6.17. The van der Waals surface area contributed by atoms with E-state index in [9.17, 15) is 0 Å². The second-order valence-electron chi connectivity index (χ2n) is 4.66. The van der Waals surface area contributed by atoms with Gasteiger partial charge in [-0.1, -0.05) is 0 Å². The van der Waals surface area contributed by atoms with Crippen LogP contribution in [0.25, 0.3) is 0 Å². The molecule has 1 unspecified atom stereocenters. The van der Waals surface area contributed by atoms with E-state index in [2.05, 4.69) is 38.8 Å². The number of rotatable bonds is 3. The van der Waals surface area contributed by atoms with Gasteiger partial charge in [0.05, 0.1) is 31.1 Å². The van der Waals surface area contributed by atoms with Crippen molar-refractivity contribution >= 4 is 11.3 Å². The zero-order valence-corrected chi connectivity index (χ0v) is 11.2. The van der Waals surface area contributed by atoms with Crippen LogP contribution >= 0.6 is 11.3 Å². The molecule has 5 heteroatoms. The third-order valence-electron chi connectivity index (χ3n) is 3.41. The molecule has 18 heavy (non-hydrogen) atoms. The lowest BCUT2D eigenvalue weighted by atomic mass is 10.1. The summed E-state index contributed by atoms with van der Waals surface area (Å²) < 4.78 is 5.62. The molecule has 1 saturated heterocycles. The maximum absolute atomic E-state index is 5.62. The van der Waals surface area contributed by atoms with Gasteiger partial charge in [0.2, 0.25) is 0 Å². The molecule has 0 spiro atoms. The Labute approximate surface area is 111 Å². The third-order valence-corrected chi connectivity index (χ3v) is 4.14. The lowest BCUT2D eigenvalue weighted by molar-refractivity contribution is -0.0144. The van der Waals surface area contributed by atoms with E-state index in [1.54, 1.807) is 11.3 Å². The van der Waals surface area contributed by atoms with Crippen molar-refractivity contribution in [1.29, 1.82) is 0 Å². The first-order chi connectivity index (χ1) is 8.84. The van der Waals surface area contributed by atoms with E-state index < -0.39 is 0 Å². The highest BCUT2D eigenvalue weighted by molar-refractivity contribution is 7.07. The van der Waals surface area contributed by atoms with Crippen LogP contribution in [0, 0.1) is 6.92 Å². The molecule has 3 heterocycles. The van der Waals surface area contributed by atoms with Gasteiger partial charge < -0.3 is 4.74 Å². The van der Waals surface area contributed by atoms with E-state index in [4.69, 9.17) is 4.74 Å². The molecule has 96 valence electrons. The second kappa shape index (κ2) is 5.22. The molecule has 0 saturated carbocycles. The van der Waals surface area contributed by atoms with E-state index in [0.29, 0.717) is 6.04 Å². The number of ether oxygens (including phenoxy) is 1. The molecule has 2 aromatic rings. The Morgan fingerprint density at radius 3 is 3.28 bits per heavy atom. The molecular formula is C13H17N3OS. The van der Waals surface area contributed by atoms with Gasteiger partial charge in [-0.3, -0.25) is 10.00 Å². The Bertz CT molecular complexity index is 494. The van der Waals surface area contributed by atoms with Gasteiger partial charge in [0, 0.05) is 13.1 Å². The van der Waals surface area contributed by atoms with E-state index >= 15 is 0 Å². The van der Waals surface area contributed by atoms with Crippen LogP contribution in [0.2, 0.25) is 0 Å². The van der Waals surface area contributed by atoms with Crippen molar-refractivity contribution in [2.24, 2.45) is 0 Å². The van der Waals surface area contributed by atoms with Crippen LogP contribution in [-0.2, 0) is 11.3 Å². The smallest absolute Gasteiger partial charge is 0.0758 e. The fourth-order valence-corrected chi connectivity index (χ4v) is 3.06. The number of aromatic amines is 1. The van der Waals surface area contributed by atoms with Crippen LogP contribution in [0.15, 0.2) is 23.0 Å². The fourth-order valence-electron chi connectivity index (χ4n) is 2.40. The van der Waals surface area contributed by atoms with Gasteiger partial charge >= 0.3 is 0 Å². The molecule has 0 amide bonds. The molecule has 4 nitrogen and oxygen atoms in total. The highest BCUT2D eigenvalue weighted by atomic mass is 32.1. The topological polar surface area (TPSA) is 41.1 Å². The minimum Gasteiger partial charge on any atom is -0.378 e. The van der Waals surface area contributed by atoms with E-state index in [0.717, 1.165) is 26.3 Å². The summed E-state index contributed by atoms with van der Waals surface area (Å²) >= 11 is 1.75. The normalized spacial score (nSPS) is 21.3. The van der Waals surface area contributed by atoms with Gasteiger partial charge in [-0.25, -0.2) is 0 Å². The summed E-state index contributed by atoms with van der Waals surface area (Å²) in [6.07, 6.45) is 1.88. The standard InChI is InChI=1S/C13H17N3OS/c1-10-6-14-15-13(10)12-8-17-4-3-16(12)7-11-2-5-18-9-11/h2,5-6,9,12H,3-4,7-8H2,1H3,(H,14,15). The Morgan fingerprint density at radius 1 is 1.61 bits per heavy atom. The highest BCUT2D eigenvalue weighted by Crippen LogP contribution is 2.26. The van der Waals surface area contributed by atoms with Gasteiger partial charge in [0.1, 0.15) is 0 Å². The minimum absolute atomic E-state index is 0.293. The monoisotopic (exact) mass is 263 g/mol. The molecule has 0 bridgehead atoms. The number of nitrogens with one attached hydrogen (secondary N) is 1. The summed E-state index contributed by atoms with van der Waals surface area (Å²) in [6.45, 7) is 5.60. The molecule has 1 atom stereocenters. The fraction of sp³-hybridized carbons (Fsp3) is 0.462. The maximum atomic E-state index is 5.62. The van der Waals surface area contributed by atoms with Crippen molar-refractivity contribution in [3.63, 3.8) is 0 Å². The molecule has 0 aliphatic carbocycles. The highest BCUT2D eigenvalue weighted by Gasteiger charge is 2.27. The van der Waals surface area contributed by atoms with E-state index in [1.165, 1.54) is 16.8 Å². The van der Waals surface area contributed by atoms with Crippen molar-refractivity contribution in [1.82, 2.24) is 15.1 Å². The zero-order chi connectivity index (χ0) is 12.4. The molecule has 3 rings (SSSR count). The summed E-state index contributed by atoms with van der Waals surface area (Å²) in [5.74, 6) is 0. The van der Waals surface area contributed by atoms with Gasteiger partial charge in [-0.15, -0.1) is 0 Å². The minimum atomic E-state index is 0.293. The number of hydrogen-bond acceptors (Lipinski definition) is 4. The Hall–Kier alpha value is -1.17. The number of aromatic nitrogens is 2. The lowest BCUT2D eigenvalue weighted by Gasteiger charge is -2.35. The van der Waals surface area contributed by atoms with Gasteiger partial charge in [0.15, 0.2) is 0 Å². The van der Waals surface area contributed by atoms with E-state index in [1.807, 2.05) is 6.20 Å². The van der Waals surface area contributed by atoms with Crippen LogP contribution in [0.3, 0.4) is 0 Å². The average Bonchev–Trinajstić information content (AvgIpc) is 3.02. The number of aryl methyl sites for hydroxylation is 1. The molecule has 1 fully saturated rings. The van der Waals surface area contributed by atoms with Crippen LogP contribution < -0.4 is 0 Å². The summed E-state index contributed by atoms with van der Waals surface area (Å²) in [5, 5.41) is 11.6. The average molecular weight is 263 g/mol. The number of thiophene rings is 1. The van der Waals surface area contributed by atoms with Crippen molar-refractivity contribution < 1.29 is 4.74 Å². The van der Waals surface area contributed by atoms with Gasteiger partial charge in [-0.05, 0) is 34.9 Å². The Balaban J connectivity index is 1.80. The van der Waals surface area contributed by atoms with Crippen LogP contribution in [-0.4, -0.2) is 34.9 Å². The third kappa shape index (κ3) is 2.34. The zero-order valence-electron chi connectivity index (χ0n) is 10.4. The number of morpholine rings is 1. The van der Waals surface area contributed by atoms with Crippen LogP contribution in [0.1, 0.15) is 22.9 Å². The SMILES string of the molecule is Cc1cn[nH]c1C1COCCN1Cc1ccsc1. The predicted octanol–water partition coefficient (Wildman–Crippen LogP) is 2.35. The number of nitrogens with zero attached hydrogens (tertiary/aromatic N) is 2. The number of hydrogen-bond donors (Lipinski definition) is 1.